The summed E-state index contributed by atoms with van der Waals surface area (Å²) in [6.45, 7) is 1.01. The summed E-state index contributed by atoms with van der Waals surface area (Å²) in [6.07, 6.45) is 4.46. The number of halogens is 2. The van der Waals surface area contributed by atoms with Crippen molar-refractivity contribution in [2.45, 2.75) is 19.6 Å². The van der Waals surface area contributed by atoms with Crippen molar-refractivity contribution >= 4 is 5.91 Å². The lowest BCUT2D eigenvalue weighted by atomic mass is 10.2. The van der Waals surface area contributed by atoms with Crippen LogP contribution in [0.25, 0.3) is 0 Å². The summed E-state index contributed by atoms with van der Waals surface area (Å²) in [5, 5.41) is 0. The van der Waals surface area contributed by atoms with Gasteiger partial charge in [-0.15, -0.1) is 0 Å². The number of ether oxygens (including phenoxy) is 1. The molecule has 1 aromatic carbocycles. The van der Waals surface area contributed by atoms with Gasteiger partial charge in [-0.1, -0.05) is 0 Å². The Morgan fingerprint density at radius 1 is 1.04 bits per heavy atom. The lowest BCUT2D eigenvalue weighted by molar-refractivity contribution is -0.0498. The van der Waals surface area contributed by atoms with Crippen LogP contribution >= 0.6 is 0 Å². The highest BCUT2D eigenvalue weighted by atomic mass is 19.3. The normalized spacial score (nSPS) is 15.7. The first-order valence-electron chi connectivity index (χ1n) is 8.57. The Hall–Kier alpha value is -2.54. The molecule has 0 bridgehead atoms. The van der Waals surface area contributed by atoms with Crippen LogP contribution in [0.15, 0.2) is 48.8 Å². The molecular formula is C19H21F2N3O2. The average molecular weight is 361 g/mol. The zero-order valence-corrected chi connectivity index (χ0v) is 14.4. The van der Waals surface area contributed by atoms with Gasteiger partial charge in [0.05, 0.1) is 0 Å². The Kier molecular flexibility index (Phi) is 6.12. The molecule has 0 saturated carbocycles. The molecule has 1 fully saturated rings. The van der Waals surface area contributed by atoms with Crippen LogP contribution in [0.3, 0.4) is 0 Å². The summed E-state index contributed by atoms with van der Waals surface area (Å²) in [5.74, 6) is -0.0321. The van der Waals surface area contributed by atoms with Crippen LogP contribution in [-0.2, 0) is 6.54 Å². The third-order valence-electron chi connectivity index (χ3n) is 4.36. The molecule has 7 heteroatoms. The van der Waals surface area contributed by atoms with Crippen LogP contribution in [0.5, 0.6) is 5.75 Å². The lowest BCUT2D eigenvalue weighted by Crippen LogP contribution is -2.35. The number of hydrogen-bond donors (Lipinski definition) is 0. The number of hydrogen-bond acceptors (Lipinski definition) is 4. The van der Waals surface area contributed by atoms with Gasteiger partial charge in [0, 0.05) is 50.7 Å². The third kappa shape index (κ3) is 4.98. The summed E-state index contributed by atoms with van der Waals surface area (Å²) < 4.78 is 28.7. The first kappa shape index (κ1) is 18.3. The summed E-state index contributed by atoms with van der Waals surface area (Å²) in [6, 6.07) is 9.84. The van der Waals surface area contributed by atoms with Crippen molar-refractivity contribution in [1.82, 2.24) is 14.8 Å². The molecule has 1 saturated heterocycles. The number of amides is 1. The van der Waals surface area contributed by atoms with Crippen LogP contribution in [0, 0.1) is 0 Å². The van der Waals surface area contributed by atoms with Gasteiger partial charge in [0.25, 0.3) is 5.91 Å². The summed E-state index contributed by atoms with van der Waals surface area (Å²) in [7, 11) is 0. The van der Waals surface area contributed by atoms with Crippen LogP contribution in [0.1, 0.15) is 22.3 Å². The van der Waals surface area contributed by atoms with Gasteiger partial charge in [-0.2, -0.15) is 8.78 Å². The monoisotopic (exact) mass is 361 g/mol. The zero-order valence-electron chi connectivity index (χ0n) is 14.4. The highest BCUT2D eigenvalue weighted by Crippen LogP contribution is 2.17. The molecule has 0 aliphatic carbocycles. The molecule has 3 rings (SSSR count). The number of alkyl halides is 2. The third-order valence-corrected chi connectivity index (χ3v) is 4.36. The molecule has 2 heterocycles. The molecule has 0 unspecified atom stereocenters. The molecule has 1 amide bonds. The van der Waals surface area contributed by atoms with E-state index >= 15 is 0 Å². The molecule has 1 aromatic heterocycles. The van der Waals surface area contributed by atoms with Gasteiger partial charge in [-0.3, -0.25) is 14.7 Å². The fourth-order valence-corrected chi connectivity index (χ4v) is 3.04. The van der Waals surface area contributed by atoms with Crippen molar-refractivity contribution in [3.63, 3.8) is 0 Å². The van der Waals surface area contributed by atoms with Gasteiger partial charge >= 0.3 is 6.61 Å². The Morgan fingerprint density at radius 3 is 2.46 bits per heavy atom. The van der Waals surface area contributed by atoms with E-state index in [0.717, 1.165) is 26.1 Å². The van der Waals surface area contributed by atoms with Crippen LogP contribution in [0.4, 0.5) is 8.78 Å². The van der Waals surface area contributed by atoms with Crippen LogP contribution < -0.4 is 4.74 Å². The van der Waals surface area contributed by atoms with Gasteiger partial charge in [0.15, 0.2) is 0 Å². The number of aromatic nitrogens is 1. The first-order chi connectivity index (χ1) is 12.6. The highest BCUT2D eigenvalue weighted by molar-refractivity contribution is 5.94. The predicted octanol–water partition coefficient (Wildman–Crippen LogP) is 3.03. The number of pyridine rings is 1. The van der Waals surface area contributed by atoms with Crippen molar-refractivity contribution in [1.29, 1.82) is 0 Å². The minimum atomic E-state index is -2.87. The van der Waals surface area contributed by atoms with Crippen molar-refractivity contribution in [3.05, 3.63) is 59.9 Å². The molecule has 5 nitrogen and oxygen atoms in total. The van der Waals surface area contributed by atoms with E-state index in [4.69, 9.17) is 0 Å². The largest absolute Gasteiger partial charge is 0.435 e. The Balaban J connectivity index is 1.57. The molecule has 1 aliphatic rings. The van der Waals surface area contributed by atoms with Crippen LogP contribution in [0.2, 0.25) is 0 Å². The molecular weight excluding hydrogens is 340 g/mol. The first-order valence-corrected chi connectivity index (χ1v) is 8.57. The summed E-state index contributed by atoms with van der Waals surface area (Å²) >= 11 is 0. The van der Waals surface area contributed by atoms with E-state index in [1.54, 1.807) is 12.4 Å². The Labute approximate surface area is 151 Å². The topological polar surface area (TPSA) is 45.7 Å². The second kappa shape index (κ2) is 8.71. The van der Waals surface area contributed by atoms with E-state index in [1.807, 2.05) is 17.0 Å². The van der Waals surface area contributed by atoms with E-state index in [1.165, 1.54) is 29.8 Å². The maximum Gasteiger partial charge on any atom is 0.387 e. The molecule has 1 aliphatic heterocycles. The number of carbonyl (C=O) groups excluding carboxylic acids is 1. The second-order valence-electron chi connectivity index (χ2n) is 6.18. The number of carbonyl (C=O) groups is 1. The minimum Gasteiger partial charge on any atom is -0.435 e. The minimum absolute atomic E-state index is 0.0518. The second-order valence-corrected chi connectivity index (χ2v) is 6.18. The molecule has 0 radical (unpaired) electrons. The molecule has 0 spiro atoms. The maximum atomic E-state index is 12.7. The van der Waals surface area contributed by atoms with Crippen LogP contribution in [-0.4, -0.2) is 53.5 Å². The van der Waals surface area contributed by atoms with Crippen molar-refractivity contribution in [2.24, 2.45) is 0 Å². The van der Waals surface area contributed by atoms with Crippen molar-refractivity contribution < 1.29 is 18.3 Å². The fourth-order valence-electron chi connectivity index (χ4n) is 3.04. The van der Waals surface area contributed by atoms with Crippen molar-refractivity contribution in [2.75, 3.05) is 26.2 Å². The Morgan fingerprint density at radius 2 is 1.77 bits per heavy atom. The van der Waals surface area contributed by atoms with E-state index < -0.39 is 6.61 Å². The quantitative estimate of drug-likeness (QED) is 0.821. The predicted molar refractivity (Wildman–Crippen MR) is 93.1 cm³/mol. The van der Waals surface area contributed by atoms with Gasteiger partial charge in [0.2, 0.25) is 0 Å². The number of benzene rings is 1. The molecule has 0 atom stereocenters. The smallest absolute Gasteiger partial charge is 0.387 e. The fraction of sp³-hybridized carbons (Fsp3) is 0.368. The van der Waals surface area contributed by atoms with Crippen molar-refractivity contribution in [3.8, 4) is 5.75 Å². The van der Waals surface area contributed by atoms with E-state index in [0.29, 0.717) is 18.7 Å². The van der Waals surface area contributed by atoms with Gasteiger partial charge in [-0.05, 0) is 48.4 Å². The number of nitrogens with zero attached hydrogens (tertiary/aromatic N) is 3. The summed E-state index contributed by atoms with van der Waals surface area (Å²) in [4.78, 5) is 20.8. The molecule has 2 aromatic rings. The van der Waals surface area contributed by atoms with Gasteiger partial charge in [0.1, 0.15) is 5.75 Å². The highest BCUT2D eigenvalue weighted by Gasteiger charge is 2.20. The van der Waals surface area contributed by atoms with Gasteiger partial charge in [-0.25, -0.2) is 0 Å². The van der Waals surface area contributed by atoms with E-state index in [-0.39, 0.29) is 11.7 Å². The van der Waals surface area contributed by atoms with E-state index in [9.17, 15) is 13.6 Å². The molecule has 26 heavy (non-hydrogen) atoms. The maximum absolute atomic E-state index is 12.7. The number of rotatable bonds is 5. The molecule has 138 valence electrons. The summed E-state index contributed by atoms with van der Waals surface area (Å²) in [5.41, 5.74) is 1.68. The average Bonchev–Trinajstić information content (AvgIpc) is 2.88. The zero-order chi connectivity index (χ0) is 18.4. The lowest BCUT2D eigenvalue weighted by Gasteiger charge is -2.22. The van der Waals surface area contributed by atoms with E-state index in [2.05, 4.69) is 14.6 Å². The molecule has 0 N–H and O–H groups in total. The SMILES string of the molecule is O=C(c1ccc(OC(F)F)cc1)N1CCCN(Cc2ccncc2)CC1. The standard InChI is InChI=1S/C19H21F2N3O2/c20-19(21)26-17-4-2-16(3-5-17)18(25)24-11-1-10-23(12-13-24)14-15-6-8-22-9-7-15/h2-9,19H,1,10-14H2. The van der Waals surface area contributed by atoms with Gasteiger partial charge < -0.3 is 9.64 Å². The Bertz CT molecular complexity index is 710.